The number of hydrogen-bond donors (Lipinski definition) is 1. The SMILES string of the molecule is C[SiH]1CCCO[SiH2]1.OC[SiH]1O[SiH2][SiH2][SiH2][SiH2]1. The van der Waals surface area contributed by atoms with Gasteiger partial charge in [-0.1, -0.05) is 12.6 Å². The molecule has 0 spiro atoms. The Morgan fingerprint density at radius 2 is 2.27 bits per heavy atom. The molecule has 0 aliphatic carbocycles. The van der Waals surface area contributed by atoms with E-state index < -0.39 is 8.56 Å². The Kier molecular flexibility index (Phi) is 9.09. The first kappa shape index (κ1) is 14.5. The molecule has 0 saturated carbocycles. The highest BCUT2D eigenvalue weighted by Crippen LogP contribution is 2.02. The minimum atomic E-state index is -0.753. The molecule has 0 bridgehead atoms. The second-order valence-corrected chi connectivity index (χ2v) is 46.4. The Bertz CT molecular complexity index is 150. The summed E-state index contributed by atoms with van der Waals surface area (Å²) >= 11 is 0. The van der Waals surface area contributed by atoms with Gasteiger partial charge in [0.2, 0.25) is 0 Å². The van der Waals surface area contributed by atoms with Crippen LogP contribution in [0.3, 0.4) is 0 Å². The summed E-state index contributed by atoms with van der Waals surface area (Å²) in [6.07, 6.45) is 1.85. The highest BCUT2D eigenvalue weighted by molar-refractivity contribution is 7.57. The zero-order chi connectivity index (χ0) is 10.9. The molecule has 0 aromatic rings. The van der Waals surface area contributed by atoms with Crippen molar-refractivity contribution in [2.24, 2.45) is 0 Å². The maximum Gasteiger partial charge on any atom is 0.164 e. The Hall–Kier alpha value is 1.40. The van der Waals surface area contributed by atoms with Gasteiger partial charge in [0.1, 0.15) is 18.6 Å². The summed E-state index contributed by atoms with van der Waals surface area (Å²) in [5.74, 6) is 0. The van der Waals surface area contributed by atoms with Crippen molar-refractivity contribution in [3.63, 3.8) is 0 Å². The molecule has 1 N–H and O–H groups in total. The van der Waals surface area contributed by atoms with Crippen LogP contribution in [0, 0.1) is 0 Å². The van der Waals surface area contributed by atoms with Crippen LogP contribution in [0.2, 0.25) is 12.6 Å². The molecule has 2 aliphatic heterocycles. The van der Waals surface area contributed by atoms with Crippen molar-refractivity contribution in [1.29, 1.82) is 0 Å². The van der Waals surface area contributed by atoms with Crippen LogP contribution < -0.4 is 0 Å². The van der Waals surface area contributed by atoms with E-state index in [-0.39, 0.29) is 26.9 Å². The molecule has 90 valence electrons. The summed E-state index contributed by atoms with van der Waals surface area (Å²) < 4.78 is 11.0. The number of hydrogen-bond acceptors (Lipinski definition) is 3. The maximum absolute atomic E-state index is 8.72. The Balaban J connectivity index is 0.000000151. The molecular formula is C5H24O3Si7. The predicted molar refractivity (Wildman–Crippen MR) is 86.4 cm³/mol. The second kappa shape index (κ2) is 9.43. The monoisotopic (exact) mass is 328 g/mol. The van der Waals surface area contributed by atoms with Crippen LogP contribution in [-0.4, -0.2) is 79.0 Å². The van der Waals surface area contributed by atoms with E-state index in [4.69, 9.17) is 13.6 Å². The third-order valence-electron chi connectivity index (χ3n) is 2.87. The molecule has 0 radical (unpaired) electrons. The normalized spacial score (nSPS) is 39.6. The van der Waals surface area contributed by atoms with Gasteiger partial charge in [-0.15, -0.1) is 0 Å². The molecule has 2 unspecified atom stereocenters. The van der Waals surface area contributed by atoms with Gasteiger partial charge in [-0.05, 0) is 15.0 Å². The lowest BCUT2D eigenvalue weighted by Crippen LogP contribution is -2.46. The van der Waals surface area contributed by atoms with Crippen molar-refractivity contribution in [2.45, 2.75) is 19.0 Å². The van der Waals surface area contributed by atoms with Gasteiger partial charge in [-0.3, -0.25) is 0 Å². The lowest BCUT2D eigenvalue weighted by atomic mass is 10.5. The molecule has 0 aromatic carbocycles. The van der Waals surface area contributed by atoms with Gasteiger partial charge in [0, 0.05) is 23.7 Å². The van der Waals surface area contributed by atoms with Crippen molar-refractivity contribution in [1.82, 2.24) is 0 Å². The van der Waals surface area contributed by atoms with Crippen LogP contribution >= 0.6 is 0 Å². The average Bonchev–Trinajstić information content (AvgIpc) is 2.32. The number of aliphatic hydroxyl groups is 1. The van der Waals surface area contributed by atoms with E-state index in [0.29, 0.717) is 31.9 Å². The van der Waals surface area contributed by atoms with Gasteiger partial charge in [0.05, 0.1) is 14.5 Å². The highest BCUT2D eigenvalue weighted by atomic mass is 29.9. The number of aliphatic hydroxyl groups excluding tert-OH is 1. The minimum Gasteiger partial charge on any atom is -0.467 e. The molecule has 2 fully saturated rings. The van der Waals surface area contributed by atoms with Crippen molar-refractivity contribution in [2.75, 3.05) is 12.8 Å². The van der Waals surface area contributed by atoms with Crippen LogP contribution in [0.1, 0.15) is 6.42 Å². The second-order valence-electron chi connectivity index (χ2n) is 4.49. The van der Waals surface area contributed by atoms with E-state index >= 15 is 0 Å². The lowest BCUT2D eigenvalue weighted by molar-refractivity contribution is 0.335. The van der Waals surface area contributed by atoms with Crippen LogP contribution in [0.4, 0.5) is 0 Å². The standard InChI is InChI=1S/C4H12OSi2.CH12O2Si5/c1-7-4-2-3-5-6-7;2-1-8-3-4-5-6-7-8/h7H,2-4,6H2,1H3;2,8H,1,4-7H2. The Labute approximate surface area is 106 Å². The van der Waals surface area contributed by atoms with Gasteiger partial charge >= 0.3 is 0 Å². The molecule has 10 heteroatoms. The molecule has 2 heterocycles. The van der Waals surface area contributed by atoms with Crippen molar-refractivity contribution >= 4 is 61.1 Å². The van der Waals surface area contributed by atoms with Crippen molar-refractivity contribution in [3.8, 4) is 0 Å². The fraction of sp³-hybridized carbons (Fsp3) is 1.00. The van der Waals surface area contributed by atoms with Gasteiger partial charge in [0.15, 0.2) is 8.56 Å². The summed E-state index contributed by atoms with van der Waals surface area (Å²) in [7, 11) is 0.627. The molecule has 0 amide bonds. The van der Waals surface area contributed by atoms with Crippen LogP contribution in [-0.2, 0) is 8.54 Å². The summed E-state index contributed by atoms with van der Waals surface area (Å²) in [4.78, 5) is 0. The average molecular weight is 329 g/mol. The third-order valence-corrected chi connectivity index (χ3v) is 65.7. The highest BCUT2D eigenvalue weighted by Gasteiger charge is 2.14. The first-order valence-electron chi connectivity index (χ1n) is 6.13. The molecule has 3 nitrogen and oxygen atoms in total. The van der Waals surface area contributed by atoms with E-state index in [1.807, 2.05) is 0 Å². The van der Waals surface area contributed by atoms with Crippen molar-refractivity contribution in [3.05, 3.63) is 0 Å². The Morgan fingerprint density at radius 1 is 1.40 bits per heavy atom. The maximum atomic E-state index is 8.72. The Morgan fingerprint density at radius 3 is 2.60 bits per heavy atom. The summed E-state index contributed by atoms with van der Waals surface area (Å²) in [5.41, 5.74) is 0. The number of rotatable bonds is 1. The third kappa shape index (κ3) is 7.35. The van der Waals surface area contributed by atoms with E-state index in [1.165, 1.54) is 6.42 Å². The first-order valence-corrected chi connectivity index (χ1v) is 29.1. The summed E-state index contributed by atoms with van der Waals surface area (Å²) in [5, 5.41) is 8.72. The zero-order valence-electron chi connectivity index (χ0n) is 9.78. The quantitative estimate of drug-likeness (QED) is 0.490. The summed E-state index contributed by atoms with van der Waals surface area (Å²) in [6.45, 7) is 3.52. The fourth-order valence-corrected chi connectivity index (χ4v) is 93.0. The van der Waals surface area contributed by atoms with E-state index in [1.54, 1.807) is 6.04 Å². The van der Waals surface area contributed by atoms with Crippen LogP contribution in [0.5, 0.6) is 0 Å². The van der Waals surface area contributed by atoms with E-state index in [0.717, 1.165) is 6.61 Å². The van der Waals surface area contributed by atoms with Gasteiger partial charge in [-0.2, -0.15) is 0 Å². The molecule has 2 atom stereocenters. The summed E-state index contributed by atoms with van der Waals surface area (Å²) in [6, 6.07) is 1.56. The van der Waals surface area contributed by atoms with Crippen LogP contribution in [0.25, 0.3) is 0 Å². The zero-order valence-corrected chi connectivity index (χ0v) is 19.2. The van der Waals surface area contributed by atoms with Gasteiger partial charge < -0.3 is 13.6 Å². The smallest absolute Gasteiger partial charge is 0.164 e. The fourth-order valence-electron chi connectivity index (χ4n) is 1.85. The molecule has 0 aromatic heterocycles. The van der Waals surface area contributed by atoms with Crippen LogP contribution in [0.15, 0.2) is 0 Å². The largest absolute Gasteiger partial charge is 0.467 e. The van der Waals surface area contributed by atoms with Crippen molar-refractivity contribution < 1.29 is 13.6 Å². The first-order chi connectivity index (χ1) is 7.33. The topological polar surface area (TPSA) is 38.7 Å². The molecule has 2 aliphatic rings. The van der Waals surface area contributed by atoms with E-state index in [9.17, 15) is 0 Å². The lowest BCUT2D eigenvalue weighted by Gasteiger charge is -2.17. The molecule has 2 saturated heterocycles. The predicted octanol–water partition coefficient (Wildman–Crippen LogP) is -5.05. The molecular weight excluding hydrogens is 305 g/mol. The van der Waals surface area contributed by atoms with Gasteiger partial charge in [0.25, 0.3) is 0 Å². The molecule has 2 rings (SSSR count). The van der Waals surface area contributed by atoms with Gasteiger partial charge in [-0.25, -0.2) is 0 Å². The minimum absolute atomic E-state index is 0.0718. The molecule has 15 heavy (non-hydrogen) atoms. The van der Waals surface area contributed by atoms with E-state index in [2.05, 4.69) is 6.55 Å².